The Morgan fingerprint density at radius 3 is 2.52 bits per heavy atom. The van der Waals surface area contributed by atoms with Crippen molar-refractivity contribution < 1.29 is 32.2 Å². The normalized spacial score (nSPS) is 14.0. The van der Waals surface area contributed by atoms with Gasteiger partial charge < -0.3 is 19.5 Å². The lowest BCUT2D eigenvalue weighted by atomic mass is 10.2. The van der Waals surface area contributed by atoms with Crippen LogP contribution >= 0.6 is 15.9 Å². The van der Waals surface area contributed by atoms with Gasteiger partial charge in [0, 0.05) is 16.2 Å². The van der Waals surface area contributed by atoms with Crippen molar-refractivity contribution in [3.63, 3.8) is 0 Å². The first kappa shape index (κ1) is 21.1. The van der Waals surface area contributed by atoms with Crippen molar-refractivity contribution in [2.24, 2.45) is 5.14 Å². The summed E-state index contributed by atoms with van der Waals surface area (Å²) in [6.07, 6.45) is -1.15. The highest BCUT2D eigenvalue weighted by Gasteiger charge is 2.23. The second-order valence-electron chi connectivity index (χ2n) is 6.08. The number of amides is 1. The molecule has 154 valence electrons. The van der Waals surface area contributed by atoms with Crippen molar-refractivity contribution in [1.82, 2.24) is 0 Å². The third-order valence-corrected chi connectivity index (χ3v) is 5.55. The Morgan fingerprint density at radius 1 is 1.14 bits per heavy atom. The Hall–Kier alpha value is -2.63. The highest BCUT2D eigenvalue weighted by molar-refractivity contribution is 9.10. The number of halogens is 1. The van der Waals surface area contributed by atoms with Crippen molar-refractivity contribution in [3.8, 4) is 11.5 Å². The van der Waals surface area contributed by atoms with Crippen molar-refractivity contribution in [2.45, 2.75) is 17.9 Å². The Bertz CT molecular complexity index is 1070. The zero-order valence-corrected chi connectivity index (χ0v) is 17.6. The largest absolute Gasteiger partial charge is 0.486 e. The average molecular weight is 485 g/mol. The maximum absolute atomic E-state index is 12.4. The van der Waals surface area contributed by atoms with E-state index in [1.807, 2.05) is 0 Å². The van der Waals surface area contributed by atoms with Crippen LogP contribution in [0.5, 0.6) is 11.5 Å². The highest BCUT2D eigenvalue weighted by atomic mass is 79.9. The molecule has 0 aliphatic carbocycles. The van der Waals surface area contributed by atoms with E-state index in [-0.39, 0.29) is 10.5 Å². The van der Waals surface area contributed by atoms with Gasteiger partial charge in [0.05, 0.1) is 10.5 Å². The Kier molecular flexibility index (Phi) is 6.10. The summed E-state index contributed by atoms with van der Waals surface area (Å²) in [5, 5.41) is 7.70. The first-order valence-electron chi connectivity index (χ1n) is 8.39. The van der Waals surface area contributed by atoms with Crippen molar-refractivity contribution in [1.29, 1.82) is 0 Å². The lowest BCUT2D eigenvalue weighted by Gasteiger charge is -2.19. The van der Waals surface area contributed by atoms with Crippen LogP contribution in [0.3, 0.4) is 0 Å². The van der Waals surface area contributed by atoms with Gasteiger partial charge in [-0.15, -0.1) is 0 Å². The Labute approximate surface area is 175 Å². The van der Waals surface area contributed by atoms with Crippen LogP contribution in [0.4, 0.5) is 5.69 Å². The van der Waals surface area contributed by atoms with Crippen LogP contribution in [-0.2, 0) is 19.6 Å². The summed E-state index contributed by atoms with van der Waals surface area (Å²) < 4.78 is 39.3. The molecule has 0 spiro atoms. The van der Waals surface area contributed by atoms with Crippen LogP contribution in [0.15, 0.2) is 45.8 Å². The van der Waals surface area contributed by atoms with Crippen LogP contribution in [0.25, 0.3) is 0 Å². The van der Waals surface area contributed by atoms with E-state index in [0.29, 0.717) is 34.9 Å². The third kappa shape index (κ3) is 5.05. The van der Waals surface area contributed by atoms with E-state index in [4.69, 9.17) is 19.3 Å². The zero-order chi connectivity index (χ0) is 21.2. The summed E-state index contributed by atoms with van der Waals surface area (Å²) >= 11 is 3.15. The molecular weight excluding hydrogens is 468 g/mol. The number of rotatable bonds is 5. The number of benzene rings is 2. The summed E-state index contributed by atoms with van der Waals surface area (Å²) in [4.78, 5) is 24.5. The lowest BCUT2D eigenvalue weighted by Crippen LogP contribution is -2.30. The molecular formula is C18H17BrN2O7S. The molecule has 1 heterocycles. The van der Waals surface area contributed by atoms with Gasteiger partial charge in [-0.2, -0.15) is 0 Å². The van der Waals surface area contributed by atoms with Crippen LogP contribution in [-0.4, -0.2) is 39.6 Å². The average Bonchev–Trinajstić information content (AvgIpc) is 2.67. The number of fused-ring (bicyclic) bond motifs is 1. The lowest BCUT2D eigenvalue weighted by molar-refractivity contribution is -0.123. The van der Waals surface area contributed by atoms with Gasteiger partial charge in [0.25, 0.3) is 5.91 Å². The maximum Gasteiger partial charge on any atom is 0.340 e. The molecule has 1 aliphatic rings. The molecule has 1 atom stereocenters. The molecule has 0 saturated carbocycles. The quantitative estimate of drug-likeness (QED) is 0.620. The number of carbonyl (C=O) groups excluding carboxylic acids is 2. The molecule has 29 heavy (non-hydrogen) atoms. The van der Waals surface area contributed by atoms with Gasteiger partial charge >= 0.3 is 5.97 Å². The number of ether oxygens (including phenoxy) is 3. The summed E-state index contributed by atoms with van der Waals surface area (Å²) in [5.74, 6) is -0.378. The van der Waals surface area contributed by atoms with Crippen molar-refractivity contribution in [3.05, 3.63) is 46.4 Å². The number of carbonyl (C=O) groups is 2. The zero-order valence-electron chi connectivity index (χ0n) is 15.2. The summed E-state index contributed by atoms with van der Waals surface area (Å²) in [6, 6.07) is 8.58. The molecule has 1 amide bonds. The van der Waals surface area contributed by atoms with E-state index >= 15 is 0 Å². The first-order chi connectivity index (χ1) is 13.6. The highest BCUT2D eigenvalue weighted by Crippen LogP contribution is 2.32. The number of nitrogens with two attached hydrogens (primary N) is 1. The van der Waals surface area contributed by atoms with Crippen LogP contribution in [0, 0.1) is 0 Å². The molecule has 1 aliphatic heterocycles. The molecule has 3 N–H and O–H groups in total. The molecule has 3 rings (SSSR count). The number of hydrogen-bond donors (Lipinski definition) is 2. The maximum atomic E-state index is 12.4. The topological polar surface area (TPSA) is 134 Å². The molecule has 9 nitrogen and oxygen atoms in total. The fraction of sp³-hybridized carbons (Fsp3) is 0.222. The number of anilines is 1. The van der Waals surface area contributed by atoms with Gasteiger partial charge in [0.2, 0.25) is 10.0 Å². The molecule has 2 aromatic rings. The van der Waals surface area contributed by atoms with Gasteiger partial charge in [-0.1, -0.05) is 0 Å². The minimum Gasteiger partial charge on any atom is -0.486 e. The number of primary sulfonamides is 1. The SMILES string of the molecule is CC(OC(=O)c1cc(S(N)(=O)=O)ccc1Br)C(=O)Nc1ccc2c(c1)OCCO2. The van der Waals surface area contributed by atoms with E-state index in [2.05, 4.69) is 21.2 Å². The first-order valence-corrected chi connectivity index (χ1v) is 10.7. The van der Waals surface area contributed by atoms with Gasteiger partial charge in [-0.05, 0) is 53.2 Å². The number of hydrogen-bond acceptors (Lipinski definition) is 7. The van der Waals surface area contributed by atoms with Crippen molar-refractivity contribution >= 4 is 43.5 Å². The van der Waals surface area contributed by atoms with E-state index < -0.39 is 28.0 Å². The number of nitrogens with one attached hydrogen (secondary N) is 1. The molecule has 0 radical (unpaired) electrons. The van der Waals surface area contributed by atoms with Crippen molar-refractivity contribution in [2.75, 3.05) is 18.5 Å². The number of esters is 1. The molecule has 0 saturated heterocycles. The standard InChI is InChI=1S/C18H17BrN2O7S/c1-10(17(22)21-11-2-5-15-16(8-11)27-7-6-26-15)28-18(23)13-9-12(29(20,24)25)3-4-14(13)19/h2-5,8-10H,6-7H2,1H3,(H,21,22)(H2,20,24,25). The molecule has 11 heteroatoms. The summed E-state index contributed by atoms with van der Waals surface area (Å²) in [5.41, 5.74) is 0.370. The molecule has 0 fully saturated rings. The molecule has 0 aromatic heterocycles. The van der Waals surface area contributed by atoms with Gasteiger partial charge in [0.1, 0.15) is 13.2 Å². The van der Waals surface area contributed by atoms with E-state index in [1.165, 1.54) is 19.1 Å². The molecule has 2 aromatic carbocycles. The van der Waals surface area contributed by atoms with Gasteiger partial charge in [-0.25, -0.2) is 18.4 Å². The monoisotopic (exact) mass is 484 g/mol. The summed E-state index contributed by atoms with van der Waals surface area (Å²) in [6.45, 7) is 2.25. The predicted octanol–water partition coefficient (Wildman–Crippen LogP) is 2.05. The minimum atomic E-state index is -4.00. The smallest absolute Gasteiger partial charge is 0.340 e. The molecule has 0 bridgehead atoms. The van der Waals surface area contributed by atoms with E-state index in [9.17, 15) is 18.0 Å². The Morgan fingerprint density at radius 2 is 1.83 bits per heavy atom. The second-order valence-corrected chi connectivity index (χ2v) is 8.50. The predicted molar refractivity (Wildman–Crippen MR) is 106 cm³/mol. The van der Waals surface area contributed by atoms with Gasteiger partial charge in [0.15, 0.2) is 17.6 Å². The minimum absolute atomic E-state index is 0.0736. The fourth-order valence-corrected chi connectivity index (χ4v) is 3.43. The van der Waals surface area contributed by atoms with E-state index in [1.54, 1.807) is 18.2 Å². The van der Waals surface area contributed by atoms with Crippen LogP contribution < -0.4 is 19.9 Å². The third-order valence-electron chi connectivity index (χ3n) is 3.95. The fourth-order valence-electron chi connectivity index (χ4n) is 2.48. The van der Waals surface area contributed by atoms with Crippen LogP contribution in [0.2, 0.25) is 0 Å². The molecule has 1 unspecified atom stereocenters. The Balaban J connectivity index is 1.69. The summed E-state index contributed by atoms with van der Waals surface area (Å²) in [7, 11) is -4.00. The van der Waals surface area contributed by atoms with E-state index in [0.717, 1.165) is 6.07 Å². The van der Waals surface area contributed by atoms with Gasteiger partial charge in [-0.3, -0.25) is 4.79 Å². The van der Waals surface area contributed by atoms with Crippen LogP contribution in [0.1, 0.15) is 17.3 Å². The number of sulfonamides is 1. The second kappa shape index (κ2) is 8.39.